The van der Waals surface area contributed by atoms with Gasteiger partial charge in [-0.15, -0.1) is 0 Å². The van der Waals surface area contributed by atoms with Gasteiger partial charge in [-0.3, -0.25) is 9.59 Å². The van der Waals surface area contributed by atoms with Gasteiger partial charge in [0.05, 0.1) is 24.6 Å². The van der Waals surface area contributed by atoms with E-state index in [4.69, 9.17) is 4.74 Å². The third-order valence-electron chi connectivity index (χ3n) is 6.62. The molecule has 1 aromatic heterocycles. The molecular formula is C24H19N2O3+. The molecule has 4 aliphatic rings. The third kappa shape index (κ3) is 2.02. The Morgan fingerprint density at radius 3 is 2.28 bits per heavy atom. The van der Waals surface area contributed by atoms with Crippen molar-refractivity contribution >= 4 is 17.5 Å². The van der Waals surface area contributed by atoms with E-state index >= 15 is 0 Å². The molecule has 0 saturated carbocycles. The Balaban J connectivity index is 1.53. The van der Waals surface area contributed by atoms with E-state index in [0.717, 1.165) is 11.3 Å². The van der Waals surface area contributed by atoms with E-state index in [1.54, 1.807) is 31.4 Å². The number of benzene rings is 2. The van der Waals surface area contributed by atoms with Crippen LogP contribution in [0.2, 0.25) is 0 Å². The van der Waals surface area contributed by atoms with Gasteiger partial charge in [0.15, 0.2) is 17.9 Å². The fourth-order valence-electron chi connectivity index (χ4n) is 5.48. The number of ether oxygens (including phenoxy) is 1. The van der Waals surface area contributed by atoms with E-state index in [1.807, 2.05) is 30.5 Å². The van der Waals surface area contributed by atoms with Crippen LogP contribution in [0.3, 0.4) is 0 Å². The van der Waals surface area contributed by atoms with Crippen molar-refractivity contribution in [2.75, 3.05) is 12.0 Å². The minimum absolute atomic E-state index is 0.107. The van der Waals surface area contributed by atoms with Crippen molar-refractivity contribution in [3.05, 3.63) is 89.7 Å². The van der Waals surface area contributed by atoms with Gasteiger partial charge < -0.3 is 4.74 Å². The van der Waals surface area contributed by atoms with E-state index in [0.29, 0.717) is 11.4 Å². The van der Waals surface area contributed by atoms with E-state index in [-0.39, 0.29) is 35.6 Å². The number of carbonyl (C=O) groups excluding carboxylic acids is 2. The number of carbonyl (C=O) groups is 2. The molecular weight excluding hydrogens is 364 g/mol. The number of pyridine rings is 1. The maximum Gasteiger partial charge on any atom is 0.244 e. The summed E-state index contributed by atoms with van der Waals surface area (Å²) in [6.07, 6.45) is 2.03. The molecule has 29 heavy (non-hydrogen) atoms. The summed E-state index contributed by atoms with van der Waals surface area (Å²) in [6, 6.07) is 21.3. The molecule has 3 aromatic rings. The predicted octanol–water partition coefficient (Wildman–Crippen LogP) is 2.84. The van der Waals surface area contributed by atoms with Gasteiger partial charge in [0.1, 0.15) is 11.7 Å². The van der Waals surface area contributed by atoms with Crippen molar-refractivity contribution in [3.63, 3.8) is 0 Å². The standard InChI is InChI=1S/C24H19N2O3/c1-29-15-11-9-14(10-12-15)26-23(27)20-19-16-6-2-3-7-17(16)22(21(20)24(26)28)25-13-5-4-8-18(19)25/h2-13,19-22H,1H3/q+1/t19-,20+,21-,22+/m1/s1. The number of methoxy groups -OCH3 is 1. The Labute approximate surface area is 168 Å². The van der Waals surface area contributed by atoms with Crippen LogP contribution >= 0.6 is 0 Å². The molecule has 5 nitrogen and oxygen atoms in total. The number of anilines is 1. The van der Waals surface area contributed by atoms with Crippen LogP contribution in [0.1, 0.15) is 28.8 Å². The van der Waals surface area contributed by atoms with Crippen LogP contribution in [0.4, 0.5) is 5.69 Å². The summed E-state index contributed by atoms with van der Waals surface area (Å²) in [5, 5.41) is 0. The average molecular weight is 383 g/mol. The highest BCUT2D eigenvalue weighted by Gasteiger charge is 2.66. The first-order valence-corrected chi connectivity index (χ1v) is 9.81. The highest BCUT2D eigenvalue weighted by atomic mass is 16.5. The second-order valence-electron chi connectivity index (χ2n) is 7.85. The number of aromatic nitrogens is 1. The number of hydrogen-bond acceptors (Lipinski definition) is 3. The van der Waals surface area contributed by atoms with Crippen molar-refractivity contribution in [2.45, 2.75) is 12.0 Å². The Morgan fingerprint density at radius 1 is 0.828 bits per heavy atom. The van der Waals surface area contributed by atoms with Gasteiger partial charge in [-0.1, -0.05) is 30.3 Å². The number of amides is 2. The average Bonchev–Trinajstić information content (AvgIpc) is 3.04. The molecule has 1 aliphatic carbocycles. The largest absolute Gasteiger partial charge is 0.497 e. The van der Waals surface area contributed by atoms with E-state index in [1.165, 1.54) is 10.5 Å². The second-order valence-corrected chi connectivity index (χ2v) is 7.85. The zero-order chi connectivity index (χ0) is 19.7. The number of rotatable bonds is 2. The molecule has 2 bridgehead atoms. The number of hydrogen-bond donors (Lipinski definition) is 0. The topological polar surface area (TPSA) is 50.5 Å². The molecule has 0 radical (unpaired) electrons. The molecule has 0 spiro atoms. The minimum Gasteiger partial charge on any atom is -0.497 e. The first-order chi connectivity index (χ1) is 14.2. The summed E-state index contributed by atoms with van der Waals surface area (Å²) in [5.41, 5.74) is 4.03. The SMILES string of the molecule is COc1ccc(N2C(=O)[C@@H]3[C@@H](C2=O)[C@@H]2c4ccccc4[C@@H]3[n+]3ccccc32)cc1. The molecule has 7 rings (SSSR count). The number of imide groups is 1. The van der Waals surface area contributed by atoms with Crippen LogP contribution in [-0.4, -0.2) is 18.9 Å². The molecule has 5 heteroatoms. The molecule has 2 aromatic carbocycles. The van der Waals surface area contributed by atoms with Gasteiger partial charge in [-0.05, 0) is 29.8 Å². The second kappa shape index (κ2) is 5.77. The van der Waals surface area contributed by atoms with Crippen molar-refractivity contribution in [3.8, 4) is 5.75 Å². The summed E-state index contributed by atoms with van der Waals surface area (Å²) in [6.45, 7) is 0. The van der Waals surface area contributed by atoms with Crippen LogP contribution in [-0.2, 0) is 9.59 Å². The van der Waals surface area contributed by atoms with Crippen molar-refractivity contribution < 1.29 is 18.9 Å². The van der Waals surface area contributed by atoms with Crippen molar-refractivity contribution in [1.29, 1.82) is 0 Å². The van der Waals surface area contributed by atoms with Crippen LogP contribution < -0.4 is 14.2 Å². The van der Waals surface area contributed by atoms with Crippen LogP contribution in [0, 0.1) is 11.8 Å². The molecule has 0 N–H and O–H groups in total. The normalized spacial score (nSPS) is 26.2. The van der Waals surface area contributed by atoms with Crippen LogP contribution in [0.5, 0.6) is 5.75 Å². The zero-order valence-corrected chi connectivity index (χ0v) is 15.9. The summed E-state index contributed by atoms with van der Waals surface area (Å²) < 4.78 is 7.41. The zero-order valence-electron chi connectivity index (χ0n) is 15.9. The maximum absolute atomic E-state index is 13.6. The van der Waals surface area contributed by atoms with Crippen LogP contribution in [0.15, 0.2) is 72.9 Å². The molecule has 4 atom stereocenters. The maximum atomic E-state index is 13.6. The summed E-state index contributed by atoms with van der Waals surface area (Å²) in [7, 11) is 1.60. The summed E-state index contributed by atoms with van der Waals surface area (Å²) in [5.74, 6) is -0.388. The van der Waals surface area contributed by atoms with Gasteiger partial charge in [0.25, 0.3) is 0 Å². The fourth-order valence-corrected chi connectivity index (χ4v) is 5.48. The molecule has 1 fully saturated rings. The van der Waals surface area contributed by atoms with Gasteiger partial charge in [0, 0.05) is 17.7 Å². The summed E-state index contributed by atoms with van der Waals surface area (Å²) in [4.78, 5) is 28.5. The molecule has 1 saturated heterocycles. The highest BCUT2D eigenvalue weighted by Crippen LogP contribution is 2.55. The fraction of sp³-hybridized carbons (Fsp3) is 0.208. The molecule has 3 aliphatic heterocycles. The third-order valence-corrected chi connectivity index (χ3v) is 6.62. The molecule has 2 amide bonds. The molecule has 142 valence electrons. The smallest absolute Gasteiger partial charge is 0.244 e. The summed E-state index contributed by atoms with van der Waals surface area (Å²) >= 11 is 0. The quantitative estimate of drug-likeness (QED) is 0.505. The lowest BCUT2D eigenvalue weighted by Crippen LogP contribution is -2.59. The Hall–Kier alpha value is -3.47. The first-order valence-electron chi connectivity index (χ1n) is 9.81. The van der Waals surface area contributed by atoms with E-state index in [2.05, 4.69) is 22.8 Å². The lowest BCUT2D eigenvalue weighted by molar-refractivity contribution is -0.736. The lowest BCUT2D eigenvalue weighted by atomic mass is 9.63. The molecule has 0 unspecified atom stereocenters. The lowest BCUT2D eigenvalue weighted by Gasteiger charge is -2.40. The van der Waals surface area contributed by atoms with Crippen molar-refractivity contribution in [2.24, 2.45) is 11.8 Å². The van der Waals surface area contributed by atoms with E-state index < -0.39 is 0 Å². The minimum atomic E-state index is -0.385. The monoisotopic (exact) mass is 383 g/mol. The van der Waals surface area contributed by atoms with Gasteiger partial charge >= 0.3 is 0 Å². The van der Waals surface area contributed by atoms with Crippen molar-refractivity contribution in [1.82, 2.24) is 0 Å². The van der Waals surface area contributed by atoms with Gasteiger partial charge in [-0.25, -0.2) is 4.90 Å². The predicted molar refractivity (Wildman–Crippen MR) is 106 cm³/mol. The molecule has 4 heterocycles. The first kappa shape index (κ1) is 16.5. The Bertz CT molecular complexity index is 1060. The number of nitrogens with zero attached hydrogens (tertiary/aromatic N) is 2. The Morgan fingerprint density at radius 2 is 1.52 bits per heavy atom. The van der Waals surface area contributed by atoms with Gasteiger partial charge in [-0.2, -0.15) is 4.57 Å². The van der Waals surface area contributed by atoms with Crippen LogP contribution in [0.25, 0.3) is 0 Å². The Kier molecular flexibility index (Phi) is 3.28. The highest BCUT2D eigenvalue weighted by molar-refractivity contribution is 6.23. The van der Waals surface area contributed by atoms with Gasteiger partial charge in [0.2, 0.25) is 11.8 Å². The van der Waals surface area contributed by atoms with E-state index in [9.17, 15) is 9.59 Å².